The van der Waals surface area contributed by atoms with Crippen LogP contribution < -0.4 is 27.0 Å². The van der Waals surface area contributed by atoms with Gasteiger partial charge in [0, 0.05) is 37.7 Å². The fourth-order valence-corrected chi connectivity index (χ4v) is 5.88. The Labute approximate surface area is 297 Å². The number of likely N-dealkylation sites (tertiary alicyclic amines) is 1. The molecule has 1 aliphatic heterocycles. The van der Waals surface area contributed by atoms with Gasteiger partial charge in [0.25, 0.3) is 0 Å². The van der Waals surface area contributed by atoms with E-state index in [1.54, 1.807) is 18.4 Å². The first kappa shape index (κ1) is 40.3. The second-order valence-electron chi connectivity index (χ2n) is 12.0. The predicted molar refractivity (Wildman–Crippen MR) is 183 cm³/mol. The lowest BCUT2D eigenvalue weighted by atomic mass is 10.0. The molecule has 19 heteroatoms. The first-order chi connectivity index (χ1) is 24.3. The number of nitrogens with one attached hydrogen (secondary N) is 5. The molecule has 1 aromatic heterocycles. The number of aromatic amines is 1. The molecule has 0 radical (unpaired) electrons. The van der Waals surface area contributed by atoms with Gasteiger partial charge >= 0.3 is 11.9 Å². The molecule has 1 fully saturated rings. The number of carbonyl (C=O) groups excluding carboxylic acids is 5. The monoisotopic (exact) mass is 732 g/mol. The minimum atomic E-state index is -1.40. The molecular weight excluding hydrogens is 688 g/mol. The molecule has 1 aliphatic rings. The van der Waals surface area contributed by atoms with Gasteiger partial charge in [-0.1, -0.05) is 12.1 Å². The normalized spacial score (nSPS) is 16.3. The first-order valence-electron chi connectivity index (χ1n) is 16.2. The van der Waals surface area contributed by atoms with Crippen molar-refractivity contribution in [2.45, 2.75) is 75.2 Å². The van der Waals surface area contributed by atoms with E-state index in [0.717, 1.165) is 0 Å². The number of phenolic OH excluding ortho intramolecular Hbond substituents is 1. The molecular formula is C32H44N8O10S. The van der Waals surface area contributed by atoms with Crippen LogP contribution in [-0.2, 0) is 46.4 Å². The highest BCUT2D eigenvalue weighted by Gasteiger charge is 2.39. The molecule has 0 bridgehead atoms. The number of thioether (sulfide) groups is 1. The van der Waals surface area contributed by atoms with Gasteiger partial charge < -0.3 is 52.2 Å². The van der Waals surface area contributed by atoms with E-state index < -0.39 is 84.6 Å². The minimum absolute atomic E-state index is 0.0171. The Morgan fingerprint density at radius 3 is 2.33 bits per heavy atom. The van der Waals surface area contributed by atoms with Crippen LogP contribution in [0.2, 0.25) is 0 Å². The zero-order valence-electron chi connectivity index (χ0n) is 28.0. The van der Waals surface area contributed by atoms with Gasteiger partial charge in [0.05, 0.1) is 18.9 Å². The third kappa shape index (κ3) is 12.9. The highest BCUT2D eigenvalue weighted by molar-refractivity contribution is 7.98. The number of carboxylic acids is 2. The van der Waals surface area contributed by atoms with Crippen LogP contribution in [0.1, 0.15) is 43.4 Å². The quantitative estimate of drug-likeness (QED) is 0.0750. The number of rotatable bonds is 20. The molecule has 278 valence electrons. The SMILES string of the molecule is CSCC[C@H](NC(=O)[C@H](CCC(=O)O)NC(=O)[C@@H]1CCCN1C(=O)[C@H](Cc1ccc(O)cc1)NC(=O)CNC(=O)[C@@H](N)Cc1cnc[nH]1)C(=O)O. The fourth-order valence-electron chi connectivity index (χ4n) is 5.41. The minimum Gasteiger partial charge on any atom is -0.508 e. The van der Waals surface area contributed by atoms with Crippen LogP contribution >= 0.6 is 11.8 Å². The lowest BCUT2D eigenvalue weighted by Gasteiger charge is -2.30. The van der Waals surface area contributed by atoms with E-state index in [2.05, 4.69) is 31.2 Å². The molecule has 1 aromatic carbocycles. The first-order valence-corrected chi connectivity index (χ1v) is 17.6. The molecule has 3 rings (SSSR count). The molecule has 10 N–H and O–H groups in total. The molecule has 0 unspecified atom stereocenters. The molecule has 2 heterocycles. The summed E-state index contributed by atoms with van der Waals surface area (Å²) in [5.74, 6) is -5.70. The van der Waals surface area contributed by atoms with E-state index in [1.807, 2.05) is 0 Å². The average molecular weight is 733 g/mol. The summed E-state index contributed by atoms with van der Waals surface area (Å²) in [7, 11) is 0. The Bertz CT molecular complexity index is 1520. The van der Waals surface area contributed by atoms with Crippen LogP contribution in [0.5, 0.6) is 5.75 Å². The van der Waals surface area contributed by atoms with Gasteiger partial charge in [-0.2, -0.15) is 11.8 Å². The molecule has 0 spiro atoms. The molecule has 18 nitrogen and oxygen atoms in total. The maximum Gasteiger partial charge on any atom is 0.326 e. The van der Waals surface area contributed by atoms with Crippen molar-refractivity contribution in [2.24, 2.45) is 5.73 Å². The van der Waals surface area contributed by atoms with E-state index >= 15 is 0 Å². The number of benzene rings is 1. The molecule has 0 saturated carbocycles. The second-order valence-corrected chi connectivity index (χ2v) is 12.9. The van der Waals surface area contributed by atoms with Gasteiger partial charge in [-0.15, -0.1) is 0 Å². The van der Waals surface area contributed by atoms with E-state index in [1.165, 1.54) is 41.3 Å². The van der Waals surface area contributed by atoms with Crippen LogP contribution in [-0.4, -0.2) is 127 Å². The second kappa shape index (κ2) is 19.9. The third-order valence-electron chi connectivity index (χ3n) is 8.11. The molecule has 0 aliphatic carbocycles. The number of nitrogens with two attached hydrogens (primary N) is 1. The Balaban J connectivity index is 1.73. The molecule has 1 saturated heterocycles. The zero-order chi connectivity index (χ0) is 37.5. The van der Waals surface area contributed by atoms with Gasteiger partial charge in [-0.3, -0.25) is 28.8 Å². The lowest BCUT2D eigenvalue weighted by Crippen LogP contribution is -2.58. The van der Waals surface area contributed by atoms with Gasteiger partial charge in [-0.05, 0) is 55.4 Å². The van der Waals surface area contributed by atoms with Crippen molar-refractivity contribution in [1.82, 2.24) is 36.1 Å². The Kier molecular flexibility index (Phi) is 15.7. The summed E-state index contributed by atoms with van der Waals surface area (Å²) in [5.41, 5.74) is 7.12. The summed E-state index contributed by atoms with van der Waals surface area (Å²) in [6, 6.07) is -0.0349. The topological polar surface area (TPSA) is 286 Å². The maximum atomic E-state index is 14.0. The van der Waals surface area contributed by atoms with Crippen LogP contribution in [0.3, 0.4) is 0 Å². The van der Waals surface area contributed by atoms with Crippen LogP contribution in [0.15, 0.2) is 36.8 Å². The number of nitrogens with zero attached hydrogens (tertiary/aromatic N) is 2. The number of hydrogen-bond acceptors (Lipinski definition) is 11. The maximum absolute atomic E-state index is 14.0. The van der Waals surface area contributed by atoms with Crippen molar-refractivity contribution in [3.8, 4) is 5.75 Å². The third-order valence-corrected chi connectivity index (χ3v) is 8.75. The summed E-state index contributed by atoms with van der Waals surface area (Å²) in [5, 5.41) is 38.4. The Morgan fingerprint density at radius 1 is 0.980 bits per heavy atom. The van der Waals surface area contributed by atoms with Crippen molar-refractivity contribution in [2.75, 3.05) is 25.1 Å². The van der Waals surface area contributed by atoms with Gasteiger partial charge in [0.15, 0.2) is 0 Å². The number of phenols is 1. The predicted octanol–water partition coefficient (Wildman–Crippen LogP) is -1.51. The molecule has 5 atom stereocenters. The zero-order valence-corrected chi connectivity index (χ0v) is 28.8. The fraction of sp³-hybridized carbons (Fsp3) is 0.500. The van der Waals surface area contributed by atoms with Crippen molar-refractivity contribution < 1.29 is 48.9 Å². The number of carboxylic acid groups (broad SMARTS) is 2. The molecule has 2 aromatic rings. The van der Waals surface area contributed by atoms with E-state index in [9.17, 15) is 48.9 Å². The summed E-state index contributed by atoms with van der Waals surface area (Å²) < 4.78 is 0. The van der Waals surface area contributed by atoms with Gasteiger partial charge in [0.2, 0.25) is 29.5 Å². The van der Waals surface area contributed by atoms with Crippen LogP contribution in [0, 0.1) is 0 Å². The lowest BCUT2D eigenvalue weighted by molar-refractivity contribution is -0.144. The standard InChI is InChI=1S/C32H44N8O10S/c1-51-12-10-23(32(49)50)39-29(46)22(8-9-27(43)44)38-30(47)25-3-2-11-40(25)31(48)24(13-18-4-6-20(41)7-5-18)37-26(42)16-35-28(45)21(33)14-19-15-34-17-36-19/h4-7,15,17,21-25,41H,2-3,8-14,16,33H2,1H3,(H,34,36)(H,35,45)(H,37,42)(H,38,47)(H,39,46)(H,43,44)(H,49,50)/t21-,22-,23-,24-,25-/m0/s1. The number of aromatic nitrogens is 2. The highest BCUT2D eigenvalue weighted by Crippen LogP contribution is 2.21. The van der Waals surface area contributed by atoms with Crippen LogP contribution in [0.4, 0.5) is 0 Å². The Hall–Kier alpha value is -5.17. The number of H-pyrrole nitrogens is 1. The molecule has 51 heavy (non-hydrogen) atoms. The van der Waals surface area contributed by atoms with Crippen molar-refractivity contribution in [3.05, 3.63) is 48.0 Å². The number of amides is 5. The number of hydrogen-bond donors (Lipinski definition) is 9. The van der Waals surface area contributed by atoms with Crippen molar-refractivity contribution >= 4 is 53.2 Å². The van der Waals surface area contributed by atoms with Gasteiger partial charge in [0.1, 0.15) is 29.9 Å². The van der Waals surface area contributed by atoms with Crippen LogP contribution in [0.25, 0.3) is 0 Å². The molecule has 5 amide bonds. The average Bonchev–Trinajstić information content (AvgIpc) is 3.80. The summed E-state index contributed by atoms with van der Waals surface area (Å²) in [6.07, 6.45) is 4.68. The number of aromatic hydroxyl groups is 1. The van der Waals surface area contributed by atoms with E-state index in [0.29, 0.717) is 23.4 Å². The van der Waals surface area contributed by atoms with Crippen molar-refractivity contribution in [1.29, 1.82) is 0 Å². The number of carbonyl (C=O) groups is 7. The van der Waals surface area contributed by atoms with E-state index in [4.69, 9.17) is 5.73 Å². The summed E-state index contributed by atoms with van der Waals surface area (Å²) in [4.78, 5) is 97.2. The van der Waals surface area contributed by atoms with E-state index in [-0.39, 0.29) is 44.4 Å². The number of aliphatic carboxylic acids is 2. The van der Waals surface area contributed by atoms with Crippen molar-refractivity contribution in [3.63, 3.8) is 0 Å². The van der Waals surface area contributed by atoms with Gasteiger partial charge in [-0.25, -0.2) is 9.78 Å². The Morgan fingerprint density at radius 2 is 1.71 bits per heavy atom. The number of imidazole rings is 1. The smallest absolute Gasteiger partial charge is 0.326 e. The summed E-state index contributed by atoms with van der Waals surface area (Å²) >= 11 is 1.38. The largest absolute Gasteiger partial charge is 0.508 e. The summed E-state index contributed by atoms with van der Waals surface area (Å²) in [6.45, 7) is -0.382. The highest BCUT2D eigenvalue weighted by atomic mass is 32.2.